The molecule has 1 rings (SSSR count). The molecule has 0 unspecified atom stereocenters. The number of rotatable bonds is 7. The molecular formula is C13H18F3N7S2. The predicted molar refractivity (Wildman–Crippen MR) is 95.8 cm³/mol. The van der Waals surface area contributed by atoms with Crippen LogP contribution in [0.15, 0.2) is 15.4 Å². The number of nitrogens with one attached hydrogen (secondary N) is 2. The lowest BCUT2D eigenvalue weighted by atomic mass is 10.2. The van der Waals surface area contributed by atoms with Crippen LogP contribution in [0, 0.1) is 11.5 Å². The number of hydrogen-bond acceptors (Lipinski definition) is 6. The zero-order valence-corrected chi connectivity index (χ0v) is 15.1. The number of halogens is 3. The summed E-state index contributed by atoms with van der Waals surface area (Å²) in [6.45, 7) is -0.736. The summed E-state index contributed by atoms with van der Waals surface area (Å²) in [5, 5.41) is 16.3. The maximum absolute atomic E-state index is 12.0. The van der Waals surface area contributed by atoms with Crippen LogP contribution in [0.3, 0.4) is 0 Å². The Bertz CT molecular complexity index is 634. The first-order chi connectivity index (χ1) is 11.8. The average molecular weight is 393 g/mol. The van der Waals surface area contributed by atoms with Crippen LogP contribution in [0.4, 0.5) is 18.3 Å². The molecule has 4 N–H and O–H groups in total. The second kappa shape index (κ2) is 10.8. The van der Waals surface area contributed by atoms with Crippen molar-refractivity contribution in [1.82, 2.24) is 10.3 Å². The molecule has 7 nitrogen and oxygen atoms in total. The fourth-order valence-corrected chi connectivity index (χ4v) is 2.72. The Morgan fingerprint density at radius 1 is 1.44 bits per heavy atom. The van der Waals surface area contributed by atoms with Crippen molar-refractivity contribution in [2.24, 2.45) is 15.7 Å². The van der Waals surface area contributed by atoms with Gasteiger partial charge in [-0.15, -0.1) is 11.3 Å². The summed E-state index contributed by atoms with van der Waals surface area (Å²) in [5.74, 6) is -0.317. The maximum Gasteiger partial charge on any atom is 0.408 e. The number of thiazole rings is 1. The number of unbranched alkanes of at least 4 members (excludes halogenated alkanes) is 1. The van der Waals surface area contributed by atoms with Gasteiger partial charge < -0.3 is 11.1 Å². The van der Waals surface area contributed by atoms with E-state index in [1.54, 1.807) is 0 Å². The van der Waals surface area contributed by atoms with Crippen molar-refractivity contribution in [2.45, 2.75) is 25.4 Å². The number of aryl methyl sites for hydroxylation is 1. The van der Waals surface area contributed by atoms with Gasteiger partial charge in [-0.25, -0.2) is 9.98 Å². The third-order valence-corrected chi connectivity index (χ3v) is 4.09. The number of nitrogens with zero attached hydrogens (tertiary/aromatic N) is 4. The quantitative estimate of drug-likeness (QED) is 0.216. The summed E-state index contributed by atoms with van der Waals surface area (Å²) in [5.41, 5.74) is 6.21. The number of anilines is 1. The molecule has 0 aliphatic heterocycles. The fourth-order valence-electron chi connectivity index (χ4n) is 1.60. The highest BCUT2D eigenvalue weighted by Crippen LogP contribution is 2.17. The number of guanidine groups is 1. The van der Waals surface area contributed by atoms with Gasteiger partial charge in [0.15, 0.2) is 22.5 Å². The standard InChI is InChI=1S/C13H18F3N7S2/c1-24-11(21-8-17)19-5-3-2-4-9-6-25-12(22-9)23-10(18)20-7-13(14,15)16/h6H,2-5,7H2,1H3,(H,19,21)(H3,18,20,22,23). The van der Waals surface area contributed by atoms with Crippen LogP contribution in [0.25, 0.3) is 0 Å². The molecule has 0 atom stereocenters. The molecule has 138 valence electrons. The number of alkyl halides is 3. The van der Waals surface area contributed by atoms with Gasteiger partial charge in [-0.2, -0.15) is 18.4 Å². The molecule has 0 fully saturated rings. The number of nitriles is 1. The lowest BCUT2D eigenvalue weighted by molar-refractivity contribution is -0.118. The molecule has 0 amide bonds. The van der Waals surface area contributed by atoms with Gasteiger partial charge in [-0.05, 0) is 25.5 Å². The van der Waals surface area contributed by atoms with Gasteiger partial charge in [0.05, 0.1) is 5.69 Å². The molecule has 0 saturated heterocycles. The Morgan fingerprint density at radius 3 is 2.84 bits per heavy atom. The zero-order valence-electron chi connectivity index (χ0n) is 13.4. The molecule has 1 aromatic rings. The summed E-state index contributed by atoms with van der Waals surface area (Å²) >= 11 is 2.62. The third kappa shape index (κ3) is 9.78. The van der Waals surface area contributed by atoms with Gasteiger partial charge in [0, 0.05) is 11.9 Å². The van der Waals surface area contributed by atoms with E-state index in [0.717, 1.165) is 18.5 Å². The lowest BCUT2D eigenvalue weighted by Gasteiger charge is -2.04. The number of thioether (sulfide) groups is 1. The van der Waals surface area contributed by atoms with Gasteiger partial charge in [-0.1, -0.05) is 11.8 Å². The van der Waals surface area contributed by atoms with Crippen LogP contribution in [0.2, 0.25) is 0 Å². The largest absolute Gasteiger partial charge is 0.408 e. The van der Waals surface area contributed by atoms with Crippen molar-refractivity contribution in [3.8, 4) is 6.19 Å². The van der Waals surface area contributed by atoms with Crippen molar-refractivity contribution in [3.05, 3.63) is 11.1 Å². The first kappa shape index (κ1) is 21.0. The Hall–Kier alpha value is -2.00. The molecule has 12 heteroatoms. The van der Waals surface area contributed by atoms with Crippen molar-refractivity contribution in [2.75, 3.05) is 24.7 Å². The number of nitrogens with two attached hydrogens (primary N) is 1. The summed E-state index contributed by atoms with van der Waals surface area (Å²) in [6.07, 6.45) is 1.65. The fraction of sp³-hybridized carbons (Fsp3) is 0.538. The molecule has 0 aromatic carbocycles. The Morgan fingerprint density at radius 2 is 2.20 bits per heavy atom. The highest BCUT2D eigenvalue weighted by atomic mass is 32.2. The highest BCUT2D eigenvalue weighted by Gasteiger charge is 2.26. The van der Waals surface area contributed by atoms with Crippen LogP contribution in [-0.4, -0.2) is 41.6 Å². The van der Waals surface area contributed by atoms with Gasteiger partial charge in [0.1, 0.15) is 6.54 Å². The van der Waals surface area contributed by atoms with Gasteiger partial charge in [0.2, 0.25) is 0 Å². The first-order valence-electron chi connectivity index (χ1n) is 7.15. The minimum absolute atomic E-state index is 0.317. The van der Waals surface area contributed by atoms with Crippen molar-refractivity contribution in [3.63, 3.8) is 0 Å². The summed E-state index contributed by atoms with van der Waals surface area (Å²) in [4.78, 5) is 11.7. The van der Waals surface area contributed by atoms with Crippen molar-refractivity contribution < 1.29 is 13.2 Å². The molecule has 0 spiro atoms. The Labute approximate surface area is 151 Å². The normalized spacial score (nSPS) is 12.8. The minimum Gasteiger partial charge on any atom is -0.370 e. The van der Waals surface area contributed by atoms with Crippen molar-refractivity contribution in [1.29, 1.82) is 5.26 Å². The Balaban J connectivity index is 2.35. The molecule has 1 heterocycles. The smallest absolute Gasteiger partial charge is 0.370 e. The predicted octanol–water partition coefficient (Wildman–Crippen LogP) is 2.54. The SMILES string of the molecule is CSC(=NCCCCc1csc(NC(N)=NCC(F)(F)F)n1)NC#N. The van der Waals surface area contributed by atoms with Crippen molar-refractivity contribution >= 4 is 39.4 Å². The van der Waals surface area contributed by atoms with E-state index in [-0.39, 0.29) is 5.96 Å². The average Bonchev–Trinajstić information content (AvgIpc) is 2.98. The molecule has 25 heavy (non-hydrogen) atoms. The van der Waals surface area contributed by atoms with Crippen LogP contribution in [-0.2, 0) is 6.42 Å². The molecular weight excluding hydrogens is 375 g/mol. The van der Waals surface area contributed by atoms with E-state index in [1.165, 1.54) is 23.1 Å². The van der Waals surface area contributed by atoms with E-state index in [9.17, 15) is 13.2 Å². The first-order valence-corrected chi connectivity index (χ1v) is 9.26. The molecule has 0 aliphatic carbocycles. The Kier molecular flexibility index (Phi) is 9.07. The second-order valence-corrected chi connectivity index (χ2v) is 6.32. The molecule has 0 aliphatic rings. The summed E-state index contributed by atoms with van der Waals surface area (Å²) in [7, 11) is 0. The van der Waals surface area contributed by atoms with Gasteiger partial charge in [0.25, 0.3) is 0 Å². The lowest BCUT2D eigenvalue weighted by Crippen LogP contribution is -2.25. The van der Waals surface area contributed by atoms with Crippen LogP contribution >= 0.6 is 23.1 Å². The monoisotopic (exact) mass is 393 g/mol. The topological polar surface area (TPSA) is 111 Å². The number of aromatic nitrogens is 1. The van der Waals surface area contributed by atoms with Gasteiger partial charge in [-0.3, -0.25) is 10.3 Å². The zero-order chi connectivity index (χ0) is 18.7. The minimum atomic E-state index is -4.39. The number of aliphatic imine (C=N–C) groups is 2. The van der Waals surface area contributed by atoms with Crippen LogP contribution in [0.5, 0.6) is 0 Å². The molecule has 1 aromatic heterocycles. The van der Waals surface area contributed by atoms with E-state index in [2.05, 4.69) is 25.6 Å². The molecule has 0 saturated carbocycles. The van der Waals surface area contributed by atoms with E-state index in [4.69, 9.17) is 11.0 Å². The number of hydrogen-bond donors (Lipinski definition) is 3. The van der Waals surface area contributed by atoms with Crippen LogP contribution in [0.1, 0.15) is 18.5 Å². The summed E-state index contributed by atoms with van der Waals surface area (Å²) < 4.78 is 36.1. The van der Waals surface area contributed by atoms with Gasteiger partial charge >= 0.3 is 6.18 Å². The third-order valence-electron chi connectivity index (χ3n) is 2.67. The van der Waals surface area contributed by atoms with Crippen LogP contribution < -0.4 is 16.4 Å². The summed E-state index contributed by atoms with van der Waals surface area (Å²) in [6, 6.07) is 0. The molecule has 0 radical (unpaired) electrons. The number of amidine groups is 1. The van der Waals surface area contributed by atoms with E-state index < -0.39 is 12.7 Å². The van der Waals surface area contributed by atoms with E-state index >= 15 is 0 Å². The highest BCUT2D eigenvalue weighted by molar-refractivity contribution is 8.13. The second-order valence-electron chi connectivity index (χ2n) is 4.67. The maximum atomic E-state index is 12.0. The molecule has 0 bridgehead atoms. The van der Waals surface area contributed by atoms with E-state index in [0.29, 0.717) is 23.3 Å². The van der Waals surface area contributed by atoms with E-state index in [1.807, 2.05) is 17.8 Å².